The standard InChI is InChI=1S/C7H9N3.C2H6/c1-2-3-6-5-9-10-7(6)4-8;1-2/h2-5,8H,1H3,(H,9,10);1-2H3/b3-2-,8-4?;. The van der Waals surface area contributed by atoms with Crippen molar-refractivity contribution in [3.8, 4) is 0 Å². The predicted molar refractivity (Wildman–Crippen MR) is 52.5 cm³/mol. The van der Waals surface area contributed by atoms with Crippen molar-refractivity contribution < 1.29 is 0 Å². The summed E-state index contributed by atoms with van der Waals surface area (Å²) in [5, 5.41) is 13.4. The summed E-state index contributed by atoms with van der Waals surface area (Å²) >= 11 is 0. The second-order valence-corrected chi connectivity index (χ2v) is 1.88. The summed E-state index contributed by atoms with van der Waals surface area (Å²) in [6.07, 6.45) is 6.77. The van der Waals surface area contributed by atoms with E-state index >= 15 is 0 Å². The minimum Gasteiger partial charge on any atom is -0.307 e. The van der Waals surface area contributed by atoms with Gasteiger partial charge in [0.05, 0.1) is 11.9 Å². The largest absolute Gasteiger partial charge is 0.307 e. The number of hydrogen-bond donors (Lipinski definition) is 2. The van der Waals surface area contributed by atoms with Crippen molar-refractivity contribution >= 4 is 12.3 Å². The summed E-state index contributed by atoms with van der Waals surface area (Å²) in [6, 6.07) is 0. The van der Waals surface area contributed by atoms with Crippen LogP contribution in [0.3, 0.4) is 0 Å². The highest BCUT2D eigenvalue weighted by Crippen LogP contribution is 2.02. The molecule has 3 nitrogen and oxygen atoms in total. The Morgan fingerprint density at radius 2 is 2.17 bits per heavy atom. The van der Waals surface area contributed by atoms with Crippen molar-refractivity contribution in [3.63, 3.8) is 0 Å². The zero-order valence-electron chi connectivity index (χ0n) is 7.76. The van der Waals surface area contributed by atoms with Gasteiger partial charge in [-0.2, -0.15) is 5.10 Å². The Bertz CT molecular complexity index is 248. The van der Waals surface area contributed by atoms with Crippen LogP contribution in [0.2, 0.25) is 0 Å². The van der Waals surface area contributed by atoms with Crippen LogP contribution in [0.5, 0.6) is 0 Å². The maximum absolute atomic E-state index is 6.95. The lowest BCUT2D eigenvalue weighted by Crippen LogP contribution is -1.81. The molecule has 0 aromatic carbocycles. The van der Waals surface area contributed by atoms with Gasteiger partial charge in [-0.05, 0) is 6.92 Å². The zero-order valence-corrected chi connectivity index (χ0v) is 7.76. The van der Waals surface area contributed by atoms with Crippen molar-refractivity contribution in [2.75, 3.05) is 0 Å². The molecule has 1 aromatic heterocycles. The smallest absolute Gasteiger partial charge is 0.0825 e. The third-order valence-corrected chi connectivity index (χ3v) is 1.19. The number of nitrogens with one attached hydrogen (secondary N) is 2. The molecular formula is C9H15N3. The quantitative estimate of drug-likeness (QED) is 0.650. The van der Waals surface area contributed by atoms with Crippen LogP contribution >= 0.6 is 0 Å². The average Bonchev–Trinajstić information content (AvgIpc) is 2.56. The van der Waals surface area contributed by atoms with Crippen molar-refractivity contribution in [2.24, 2.45) is 0 Å². The molecular weight excluding hydrogens is 150 g/mol. The molecule has 3 heteroatoms. The monoisotopic (exact) mass is 165 g/mol. The third-order valence-electron chi connectivity index (χ3n) is 1.19. The Balaban J connectivity index is 0.000000561. The molecule has 0 amide bonds. The molecule has 0 aliphatic heterocycles. The van der Waals surface area contributed by atoms with Gasteiger partial charge in [-0.15, -0.1) is 0 Å². The Labute approximate surface area is 73.0 Å². The van der Waals surface area contributed by atoms with Gasteiger partial charge < -0.3 is 5.41 Å². The van der Waals surface area contributed by atoms with Crippen LogP contribution in [0.4, 0.5) is 0 Å². The Morgan fingerprint density at radius 1 is 1.50 bits per heavy atom. The van der Waals surface area contributed by atoms with Crippen LogP contribution in [0.25, 0.3) is 6.08 Å². The zero-order chi connectivity index (χ0) is 9.40. The number of rotatable bonds is 2. The first-order valence-corrected chi connectivity index (χ1v) is 4.05. The fraction of sp³-hybridized carbons (Fsp3) is 0.333. The Morgan fingerprint density at radius 3 is 2.67 bits per heavy atom. The van der Waals surface area contributed by atoms with E-state index in [9.17, 15) is 0 Å². The number of H-pyrrole nitrogens is 1. The first-order chi connectivity index (χ1) is 5.88. The van der Waals surface area contributed by atoms with Gasteiger partial charge in [0.15, 0.2) is 0 Å². The van der Waals surface area contributed by atoms with Crippen LogP contribution in [0.1, 0.15) is 32.0 Å². The highest BCUT2D eigenvalue weighted by Gasteiger charge is 1.94. The molecule has 0 atom stereocenters. The predicted octanol–water partition coefficient (Wildman–Crippen LogP) is 2.47. The topological polar surface area (TPSA) is 52.5 Å². The van der Waals surface area contributed by atoms with Gasteiger partial charge in [0, 0.05) is 11.8 Å². The fourth-order valence-corrected chi connectivity index (χ4v) is 0.733. The van der Waals surface area contributed by atoms with E-state index in [-0.39, 0.29) is 0 Å². The minimum absolute atomic E-state index is 0.748. The number of allylic oxidation sites excluding steroid dienone is 1. The van der Waals surface area contributed by atoms with E-state index in [1.54, 1.807) is 6.20 Å². The van der Waals surface area contributed by atoms with E-state index in [0.717, 1.165) is 11.3 Å². The van der Waals surface area contributed by atoms with E-state index in [0.29, 0.717) is 0 Å². The van der Waals surface area contributed by atoms with Crippen molar-refractivity contribution in [1.82, 2.24) is 10.2 Å². The maximum atomic E-state index is 6.95. The molecule has 0 bridgehead atoms. The van der Waals surface area contributed by atoms with Crippen LogP contribution in [0.15, 0.2) is 12.3 Å². The van der Waals surface area contributed by atoms with Crippen LogP contribution in [-0.2, 0) is 0 Å². The number of aromatic amines is 1. The first-order valence-electron chi connectivity index (χ1n) is 4.05. The van der Waals surface area contributed by atoms with Gasteiger partial charge in [-0.1, -0.05) is 26.0 Å². The van der Waals surface area contributed by atoms with Crippen LogP contribution < -0.4 is 0 Å². The average molecular weight is 165 g/mol. The lowest BCUT2D eigenvalue weighted by molar-refractivity contribution is 1.08. The number of hydrogen-bond acceptors (Lipinski definition) is 2. The lowest BCUT2D eigenvalue weighted by atomic mass is 10.2. The third kappa shape index (κ3) is 2.70. The number of nitrogens with zero attached hydrogens (tertiary/aromatic N) is 1. The molecule has 1 aromatic rings. The van der Waals surface area contributed by atoms with Gasteiger partial charge in [0.2, 0.25) is 0 Å². The van der Waals surface area contributed by atoms with Crippen molar-refractivity contribution in [3.05, 3.63) is 23.5 Å². The lowest BCUT2D eigenvalue weighted by Gasteiger charge is -1.84. The Kier molecular flexibility index (Phi) is 5.61. The summed E-state index contributed by atoms with van der Waals surface area (Å²) in [6.45, 7) is 5.93. The van der Waals surface area contributed by atoms with E-state index in [1.165, 1.54) is 6.21 Å². The van der Waals surface area contributed by atoms with Crippen LogP contribution in [-0.4, -0.2) is 16.4 Å². The van der Waals surface area contributed by atoms with E-state index in [2.05, 4.69) is 10.2 Å². The van der Waals surface area contributed by atoms with Crippen molar-refractivity contribution in [1.29, 1.82) is 5.41 Å². The van der Waals surface area contributed by atoms with Gasteiger partial charge in [0.1, 0.15) is 0 Å². The fourth-order valence-electron chi connectivity index (χ4n) is 0.733. The molecule has 2 N–H and O–H groups in total. The van der Waals surface area contributed by atoms with Gasteiger partial charge in [-0.25, -0.2) is 0 Å². The van der Waals surface area contributed by atoms with Crippen molar-refractivity contribution in [2.45, 2.75) is 20.8 Å². The first kappa shape index (κ1) is 10.6. The highest BCUT2D eigenvalue weighted by molar-refractivity contribution is 5.80. The maximum Gasteiger partial charge on any atom is 0.0825 e. The molecule has 0 saturated heterocycles. The second kappa shape index (κ2) is 6.34. The molecule has 0 fully saturated rings. The summed E-state index contributed by atoms with van der Waals surface area (Å²) in [5.41, 5.74) is 1.70. The summed E-state index contributed by atoms with van der Waals surface area (Å²) in [4.78, 5) is 0. The van der Waals surface area contributed by atoms with Crippen LogP contribution in [0, 0.1) is 5.41 Å². The van der Waals surface area contributed by atoms with Gasteiger partial charge >= 0.3 is 0 Å². The minimum atomic E-state index is 0.748. The molecule has 12 heavy (non-hydrogen) atoms. The molecule has 0 saturated carbocycles. The van der Waals surface area contributed by atoms with E-state index < -0.39 is 0 Å². The SMILES string of the molecule is C/C=C\c1cn[nH]c1C=N.CC. The number of aromatic nitrogens is 2. The molecule has 1 heterocycles. The molecule has 1 rings (SSSR count). The van der Waals surface area contributed by atoms with Gasteiger partial charge in [-0.3, -0.25) is 5.10 Å². The summed E-state index contributed by atoms with van der Waals surface area (Å²) in [5.74, 6) is 0. The highest BCUT2D eigenvalue weighted by atomic mass is 15.1. The molecule has 0 aliphatic rings. The second-order valence-electron chi connectivity index (χ2n) is 1.88. The van der Waals surface area contributed by atoms with E-state index in [4.69, 9.17) is 5.41 Å². The molecule has 0 unspecified atom stereocenters. The molecule has 0 spiro atoms. The normalized spacial score (nSPS) is 9.25. The molecule has 0 radical (unpaired) electrons. The van der Waals surface area contributed by atoms with Gasteiger partial charge in [0.25, 0.3) is 0 Å². The molecule has 66 valence electrons. The summed E-state index contributed by atoms with van der Waals surface area (Å²) < 4.78 is 0. The van der Waals surface area contributed by atoms with E-state index in [1.807, 2.05) is 32.9 Å². The Hall–Kier alpha value is -1.38. The molecule has 0 aliphatic carbocycles. The summed E-state index contributed by atoms with van der Waals surface area (Å²) in [7, 11) is 0.